The standard InChI is InChI=1S/C25H19N7O2/c1-2-31-15-21(14-29-31)32-8-7-25(33)24(30-32)16-34-22-5-6-23-18(10-22)9-19(13-28-23)17-3-4-20(11-26)27-12-17/h3-10,12-15H,2,16H2,1H3. The smallest absolute Gasteiger partial charge is 0.206 e. The predicted molar refractivity (Wildman–Crippen MR) is 125 cm³/mol. The number of nitriles is 1. The Bertz CT molecular complexity index is 1580. The quantitative estimate of drug-likeness (QED) is 0.390. The van der Waals surface area contributed by atoms with E-state index in [4.69, 9.17) is 10.00 Å². The van der Waals surface area contributed by atoms with Gasteiger partial charge in [-0.1, -0.05) is 0 Å². The van der Waals surface area contributed by atoms with Gasteiger partial charge in [0.1, 0.15) is 35.5 Å². The SMILES string of the molecule is CCn1cc(-n2ccc(=O)c(COc3ccc4ncc(-c5ccc(C#N)nc5)cc4c3)n2)cn1. The summed E-state index contributed by atoms with van der Waals surface area (Å²) in [6, 6.07) is 14.5. The van der Waals surface area contributed by atoms with E-state index in [1.54, 1.807) is 40.2 Å². The summed E-state index contributed by atoms with van der Waals surface area (Å²) in [6.45, 7) is 2.77. The number of ether oxygens (including phenoxy) is 1. The monoisotopic (exact) mass is 449 g/mol. The van der Waals surface area contributed by atoms with E-state index >= 15 is 0 Å². The Morgan fingerprint density at radius 3 is 2.68 bits per heavy atom. The van der Waals surface area contributed by atoms with Crippen LogP contribution in [0.25, 0.3) is 27.7 Å². The number of hydrogen-bond donors (Lipinski definition) is 0. The average molecular weight is 449 g/mol. The zero-order valence-corrected chi connectivity index (χ0v) is 18.3. The molecule has 0 aliphatic rings. The normalized spacial score (nSPS) is 10.8. The highest BCUT2D eigenvalue weighted by Crippen LogP contribution is 2.25. The predicted octanol–water partition coefficient (Wildman–Crippen LogP) is 3.51. The van der Waals surface area contributed by atoms with Crippen LogP contribution in [0.1, 0.15) is 18.3 Å². The van der Waals surface area contributed by atoms with Crippen molar-refractivity contribution < 1.29 is 4.74 Å². The van der Waals surface area contributed by atoms with E-state index in [9.17, 15) is 4.79 Å². The Hall–Kier alpha value is -4.84. The Morgan fingerprint density at radius 1 is 1.03 bits per heavy atom. The molecule has 0 bridgehead atoms. The molecular formula is C25H19N7O2. The van der Waals surface area contributed by atoms with Crippen molar-refractivity contribution in [3.05, 3.63) is 95.1 Å². The van der Waals surface area contributed by atoms with Gasteiger partial charge in [0.2, 0.25) is 5.43 Å². The van der Waals surface area contributed by atoms with E-state index in [-0.39, 0.29) is 12.0 Å². The minimum atomic E-state index is -0.197. The van der Waals surface area contributed by atoms with Crippen molar-refractivity contribution in [1.29, 1.82) is 5.26 Å². The van der Waals surface area contributed by atoms with Gasteiger partial charge >= 0.3 is 0 Å². The van der Waals surface area contributed by atoms with Crippen LogP contribution >= 0.6 is 0 Å². The Kier molecular flexibility index (Phi) is 5.54. The molecule has 0 fully saturated rings. The van der Waals surface area contributed by atoms with E-state index < -0.39 is 0 Å². The third-order valence-corrected chi connectivity index (χ3v) is 5.33. The zero-order chi connectivity index (χ0) is 23.5. The van der Waals surface area contributed by atoms with E-state index in [0.29, 0.717) is 17.1 Å². The molecule has 0 aliphatic heterocycles. The highest BCUT2D eigenvalue weighted by atomic mass is 16.5. The molecule has 0 atom stereocenters. The molecule has 0 aliphatic carbocycles. The van der Waals surface area contributed by atoms with Crippen molar-refractivity contribution in [3.63, 3.8) is 0 Å². The maximum atomic E-state index is 12.3. The molecular weight excluding hydrogens is 430 g/mol. The third kappa shape index (κ3) is 4.25. The van der Waals surface area contributed by atoms with E-state index in [1.165, 1.54) is 6.07 Å². The molecule has 0 amide bonds. The van der Waals surface area contributed by atoms with Gasteiger partial charge in [0.25, 0.3) is 0 Å². The first-order valence-corrected chi connectivity index (χ1v) is 10.6. The number of pyridine rings is 2. The number of rotatable bonds is 6. The van der Waals surface area contributed by atoms with Gasteiger partial charge in [0.05, 0.1) is 17.9 Å². The first kappa shape index (κ1) is 21.0. The van der Waals surface area contributed by atoms with E-state index in [0.717, 1.165) is 34.3 Å². The summed E-state index contributed by atoms with van der Waals surface area (Å²) in [5.41, 5.74) is 3.78. The highest BCUT2D eigenvalue weighted by Gasteiger charge is 2.08. The fraction of sp³-hybridized carbons (Fsp3) is 0.120. The molecule has 166 valence electrons. The summed E-state index contributed by atoms with van der Waals surface area (Å²) >= 11 is 0. The summed E-state index contributed by atoms with van der Waals surface area (Å²) in [5, 5.41) is 18.5. The lowest BCUT2D eigenvalue weighted by Crippen LogP contribution is -2.17. The van der Waals surface area contributed by atoms with Gasteiger partial charge in [-0.05, 0) is 43.3 Å². The molecule has 0 radical (unpaired) electrons. The largest absolute Gasteiger partial charge is 0.487 e. The second kappa shape index (κ2) is 8.96. The number of aromatic nitrogens is 6. The molecule has 0 saturated carbocycles. The molecule has 1 aromatic carbocycles. The van der Waals surface area contributed by atoms with Crippen LogP contribution in [0.3, 0.4) is 0 Å². The van der Waals surface area contributed by atoms with Crippen LogP contribution in [0.2, 0.25) is 0 Å². The number of nitrogens with zero attached hydrogens (tertiary/aromatic N) is 7. The van der Waals surface area contributed by atoms with Crippen LogP contribution in [-0.4, -0.2) is 29.5 Å². The second-order valence-corrected chi connectivity index (χ2v) is 7.54. The lowest BCUT2D eigenvalue weighted by molar-refractivity contribution is 0.298. The van der Waals surface area contributed by atoms with Gasteiger partial charge in [-0.25, -0.2) is 9.67 Å². The van der Waals surface area contributed by atoms with Crippen LogP contribution in [-0.2, 0) is 13.2 Å². The third-order valence-electron chi connectivity index (χ3n) is 5.33. The van der Waals surface area contributed by atoms with Gasteiger partial charge in [-0.15, -0.1) is 0 Å². The van der Waals surface area contributed by atoms with Crippen molar-refractivity contribution in [3.8, 4) is 28.6 Å². The zero-order valence-electron chi connectivity index (χ0n) is 18.3. The first-order valence-electron chi connectivity index (χ1n) is 10.6. The van der Waals surface area contributed by atoms with E-state index in [1.807, 2.05) is 49.5 Å². The minimum absolute atomic E-state index is 0.0275. The van der Waals surface area contributed by atoms with Crippen molar-refractivity contribution in [1.82, 2.24) is 29.5 Å². The number of hydrogen-bond acceptors (Lipinski definition) is 7. The molecule has 0 unspecified atom stereocenters. The second-order valence-electron chi connectivity index (χ2n) is 7.54. The summed E-state index contributed by atoms with van der Waals surface area (Å²) in [5.74, 6) is 0.597. The molecule has 9 nitrogen and oxygen atoms in total. The number of aryl methyl sites for hydroxylation is 1. The Morgan fingerprint density at radius 2 is 1.91 bits per heavy atom. The lowest BCUT2D eigenvalue weighted by Gasteiger charge is -2.09. The summed E-state index contributed by atoms with van der Waals surface area (Å²) in [4.78, 5) is 21.0. The molecule has 0 saturated heterocycles. The molecule has 0 N–H and O–H groups in total. The maximum absolute atomic E-state index is 12.3. The van der Waals surface area contributed by atoms with Crippen molar-refractivity contribution in [2.45, 2.75) is 20.1 Å². The first-order chi connectivity index (χ1) is 16.6. The summed E-state index contributed by atoms with van der Waals surface area (Å²) in [7, 11) is 0. The lowest BCUT2D eigenvalue weighted by atomic mass is 10.1. The minimum Gasteiger partial charge on any atom is -0.487 e. The molecule has 9 heteroatoms. The topological polar surface area (TPSA) is 112 Å². The van der Waals surface area contributed by atoms with Crippen molar-refractivity contribution >= 4 is 10.9 Å². The Labute approximate surface area is 194 Å². The molecule has 4 heterocycles. The average Bonchev–Trinajstić information content (AvgIpc) is 3.37. The van der Waals surface area contributed by atoms with Gasteiger partial charge < -0.3 is 4.74 Å². The van der Waals surface area contributed by atoms with Gasteiger partial charge in [-0.2, -0.15) is 15.5 Å². The van der Waals surface area contributed by atoms with Crippen LogP contribution in [0.5, 0.6) is 5.75 Å². The highest BCUT2D eigenvalue weighted by molar-refractivity contribution is 5.84. The summed E-state index contributed by atoms with van der Waals surface area (Å²) < 4.78 is 9.30. The Balaban J connectivity index is 1.38. The van der Waals surface area contributed by atoms with Crippen LogP contribution in [0.4, 0.5) is 0 Å². The maximum Gasteiger partial charge on any atom is 0.206 e. The van der Waals surface area contributed by atoms with Crippen molar-refractivity contribution in [2.75, 3.05) is 0 Å². The fourth-order valence-electron chi connectivity index (χ4n) is 3.47. The van der Waals surface area contributed by atoms with Gasteiger partial charge in [0.15, 0.2) is 0 Å². The fourth-order valence-corrected chi connectivity index (χ4v) is 3.47. The molecule has 4 aromatic heterocycles. The van der Waals surface area contributed by atoms with Gasteiger partial charge in [-0.3, -0.25) is 14.5 Å². The van der Waals surface area contributed by atoms with E-state index in [2.05, 4.69) is 20.2 Å². The summed E-state index contributed by atoms with van der Waals surface area (Å²) in [6.07, 6.45) is 8.59. The molecule has 0 spiro atoms. The van der Waals surface area contributed by atoms with Gasteiger partial charge in [0, 0.05) is 47.7 Å². The molecule has 5 rings (SSSR count). The molecule has 34 heavy (non-hydrogen) atoms. The van der Waals surface area contributed by atoms with Crippen LogP contribution < -0.4 is 10.2 Å². The number of fused-ring (bicyclic) bond motifs is 1. The van der Waals surface area contributed by atoms with Crippen molar-refractivity contribution in [2.24, 2.45) is 0 Å². The van der Waals surface area contributed by atoms with Crippen LogP contribution in [0.15, 0.2) is 78.2 Å². The van der Waals surface area contributed by atoms with Crippen LogP contribution in [0, 0.1) is 11.3 Å². The number of benzene rings is 1. The molecule has 5 aromatic rings.